The molecule has 2 aromatic rings. The highest BCUT2D eigenvalue weighted by Crippen LogP contribution is 2.32. The smallest absolute Gasteiger partial charge is 0.231 e. The van der Waals surface area contributed by atoms with E-state index in [9.17, 15) is 8.42 Å². The van der Waals surface area contributed by atoms with Crippen molar-refractivity contribution in [3.8, 4) is 0 Å². The lowest BCUT2D eigenvalue weighted by molar-refractivity contribution is 0.419. The van der Waals surface area contributed by atoms with Crippen LogP contribution in [0.1, 0.15) is 31.2 Å². The summed E-state index contributed by atoms with van der Waals surface area (Å²) in [6, 6.07) is 8.77. The van der Waals surface area contributed by atoms with Crippen LogP contribution in [-0.2, 0) is 10.0 Å². The molecule has 1 fully saturated rings. The third-order valence-corrected chi connectivity index (χ3v) is 6.90. The predicted octanol–water partition coefficient (Wildman–Crippen LogP) is 3.17. The summed E-state index contributed by atoms with van der Waals surface area (Å²) in [6.07, 6.45) is 7.10. The van der Waals surface area contributed by atoms with Crippen LogP contribution in [0.3, 0.4) is 0 Å². The SMILES string of the molecule is Cc1ccc(S(=O)(=O)NC2CCC(Sc3ncccn3)CC2)cc1. The second-order valence-electron chi connectivity index (χ2n) is 6.06. The van der Waals surface area contributed by atoms with Crippen molar-refractivity contribution in [1.82, 2.24) is 14.7 Å². The zero-order valence-electron chi connectivity index (χ0n) is 13.6. The molecule has 0 radical (unpaired) electrons. The zero-order valence-corrected chi connectivity index (χ0v) is 15.2. The van der Waals surface area contributed by atoms with Crippen LogP contribution < -0.4 is 4.72 Å². The molecule has 5 nitrogen and oxygen atoms in total. The van der Waals surface area contributed by atoms with Crippen molar-refractivity contribution in [1.29, 1.82) is 0 Å². The van der Waals surface area contributed by atoms with Crippen LogP contribution in [0.4, 0.5) is 0 Å². The van der Waals surface area contributed by atoms with Gasteiger partial charge in [-0.2, -0.15) is 0 Å². The molecule has 1 saturated carbocycles. The van der Waals surface area contributed by atoms with Crippen molar-refractivity contribution in [3.05, 3.63) is 48.3 Å². The first kappa shape index (κ1) is 17.4. The standard InChI is InChI=1S/C17H21N3O2S2/c1-13-3-9-16(10-4-13)24(21,22)20-14-5-7-15(8-6-14)23-17-18-11-2-12-19-17/h2-4,9-12,14-15,20H,5-8H2,1H3. The van der Waals surface area contributed by atoms with Crippen LogP contribution in [0.2, 0.25) is 0 Å². The number of rotatable bonds is 5. The lowest BCUT2D eigenvalue weighted by Gasteiger charge is -2.28. The zero-order chi connectivity index (χ0) is 17.0. The maximum Gasteiger partial charge on any atom is 0.240 e. The molecule has 1 N–H and O–H groups in total. The van der Waals surface area contributed by atoms with Gasteiger partial charge >= 0.3 is 0 Å². The van der Waals surface area contributed by atoms with Crippen LogP contribution >= 0.6 is 11.8 Å². The molecule has 0 amide bonds. The number of nitrogens with one attached hydrogen (secondary N) is 1. The first-order valence-corrected chi connectivity index (χ1v) is 10.4. The second-order valence-corrected chi connectivity index (χ2v) is 9.04. The largest absolute Gasteiger partial charge is 0.240 e. The van der Waals surface area contributed by atoms with Crippen molar-refractivity contribution in [2.45, 2.75) is 54.0 Å². The molecular weight excluding hydrogens is 342 g/mol. The van der Waals surface area contributed by atoms with Gasteiger partial charge in [0.05, 0.1) is 4.90 Å². The first-order valence-electron chi connectivity index (χ1n) is 8.05. The molecule has 0 aliphatic heterocycles. The van der Waals surface area contributed by atoms with Gasteiger partial charge in [-0.25, -0.2) is 23.1 Å². The summed E-state index contributed by atoms with van der Waals surface area (Å²) in [5.41, 5.74) is 1.05. The number of hydrogen-bond acceptors (Lipinski definition) is 5. The first-order chi connectivity index (χ1) is 11.5. The van der Waals surface area contributed by atoms with E-state index in [0.29, 0.717) is 10.1 Å². The Balaban J connectivity index is 1.54. The van der Waals surface area contributed by atoms with E-state index in [-0.39, 0.29) is 6.04 Å². The van der Waals surface area contributed by atoms with Crippen molar-refractivity contribution in [2.75, 3.05) is 0 Å². The summed E-state index contributed by atoms with van der Waals surface area (Å²) in [7, 11) is -3.43. The van der Waals surface area contributed by atoms with E-state index in [4.69, 9.17) is 0 Å². The van der Waals surface area contributed by atoms with Gasteiger partial charge in [0.15, 0.2) is 5.16 Å². The molecule has 3 rings (SSSR count). The van der Waals surface area contributed by atoms with E-state index in [2.05, 4.69) is 14.7 Å². The van der Waals surface area contributed by atoms with Crippen molar-refractivity contribution >= 4 is 21.8 Å². The Morgan fingerprint density at radius 3 is 2.29 bits per heavy atom. The van der Waals surface area contributed by atoms with E-state index in [1.807, 2.05) is 19.1 Å². The Kier molecular flexibility index (Phi) is 5.53. The molecule has 7 heteroatoms. The van der Waals surface area contributed by atoms with E-state index >= 15 is 0 Å². The van der Waals surface area contributed by atoms with Gasteiger partial charge in [-0.05, 0) is 50.8 Å². The van der Waals surface area contributed by atoms with E-state index in [1.165, 1.54) is 0 Å². The fourth-order valence-electron chi connectivity index (χ4n) is 2.80. The quantitative estimate of drug-likeness (QED) is 0.826. The average molecular weight is 364 g/mol. The number of benzene rings is 1. The van der Waals surface area contributed by atoms with Crippen molar-refractivity contribution < 1.29 is 8.42 Å². The Hall–Kier alpha value is -1.44. The van der Waals surface area contributed by atoms with Crippen LogP contribution in [-0.4, -0.2) is 29.7 Å². The maximum absolute atomic E-state index is 12.4. The molecule has 128 valence electrons. The Morgan fingerprint density at radius 2 is 1.67 bits per heavy atom. The summed E-state index contributed by atoms with van der Waals surface area (Å²) < 4.78 is 27.7. The van der Waals surface area contributed by atoms with Gasteiger partial charge in [0.2, 0.25) is 10.0 Å². The van der Waals surface area contributed by atoms with Crippen LogP contribution in [0.15, 0.2) is 52.8 Å². The van der Waals surface area contributed by atoms with E-state index in [0.717, 1.165) is 36.4 Å². The predicted molar refractivity (Wildman–Crippen MR) is 95.4 cm³/mol. The minimum Gasteiger partial charge on any atom is -0.231 e. The molecule has 1 heterocycles. The van der Waals surface area contributed by atoms with Crippen LogP contribution in [0.25, 0.3) is 0 Å². The van der Waals surface area contributed by atoms with Crippen LogP contribution in [0, 0.1) is 6.92 Å². The Labute approximate surface area is 147 Å². The molecule has 0 saturated heterocycles. The molecule has 1 aromatic heterocycles. The molecule has 0 unspecified atom stereocenters. The number of thioether (sulfide) groups is 1. The van der Waals surface area contributed by atoms with Crippen molar-refractivity contribution in [3.63, 3.8) is 0 Å². The average Bonchev–Trinajstić information content (AvgIpc) is 2.58. The third-order valence-electron chi connectivity index (χ3n) is 4.14. The number of nitrogens with zero attached hydrogens (tertiary/aromatic N) is 2. The topological polar surface area (TPSA) is 72.0 Å². The van der Waals surface area contributed by atoms with E-state index in [1.54, 1.807) is 42.4 Å². The fourth-order valence-corrected chi connectivity index (χ4v) is 5.15. The highest BCUT2D eigenvalue weighted by Gasteiger charge is 2.26. The summed E-state index contributed by atoms with van der Waals surface area (Å²) in [5.74, 6) is 0. The number of sulfonamides is 1. The molecule has 24 heavy (non-hydrogen) atoms. The molecule has 0 spiro atoms. The van der Waals surface area contributed by atoms with Gasteiger partial charge < -0.3 is 0 Å². The summed E-state index contributed by atoms with van der Waals surface area (Å²) in [4.78, 5) is 8.81. The Morgan fingerprint density at radius 1 is 1.04 bits per heavy atom. The van der Waals surface area contributed by atoms with Gasteiger partial charge in [0.1, 0.15) is 0 Å². The molecular formula is C17H21N3O2S2. The van der Waals surface area contributed by atoms with Gasteiger partial charge in [0, 0.05) is 23.7 Å². The molecule has 0 atom stereocenters. The maximum atomic E-state index is 12.4. The molecule has 1 aliphatic rings. The van der Waals surface area contributed by atoms with Crippen LogP contribution in [0.5, 0.6) is 0 Å². The monoisotopic (exact) mass is 363 g/mol. The number of aromatic nitrogens is 2. The Bertz CT molecular complexity index is 756. The number of aryl methyl sites for hydroxylation is 1. The fraction of sp³-hybridized carbons (Fsp3) is 0.412. The minimum atomic E-state index is -3.43. The summed E-state index contributed by atoms with van der Waals surface area (Å²) in [5, 5.41) is 1.24. The highest BCUT2D eigenvalue weighted by molar-refractivity contribution is 7.99. The van der Waals surface area contributed by atoms with Gasteiger partial charge in [-0.15, -0.1) is 0 Å². The second kappa shape index (κ2) is 7.63. The molecule has 1 aromatic carbocycles. The van der Waals surface area contributed by atoms with Crippen molar-refractivity contribution in [2.24, 2.45) is 0 Å². The van der Waals surface area contributed by atoms with Gasteiger partial charge in [-0.1, -0.05) is 29.5 Å². The normalized spacial score (nSPS) is 21.5. The minimum absolute atomic E-state index is 0.00449. The lowest BCUT2D eigenvalue weighted by atomic mass is 9.96. The molecule has 1 aliphatic carbocycles. The summed E-state index contributed by atoms with van der Waals surface area (Å²) in [6.45, 7) is 1.94. The molecule has 0 bridgehead atoms. The third kappa shape index (κ3) is 4.55. The van der Waals surface area contributed by atoms with E-state index < -0.39 is 10.0 Å². The lowest BCUT2D eigenvalue weighted by Crippen LogP contribution is -2.38. The van der Waals surface area contributed by atoms with Gasteiger partial charge in [-0.3, -0.25) is 0 Å². The van der Waals surface area contributed by atoms with Gasteiger partial charge in [0.25, 0.3) is 0 Å². The summed E-state index contributed by atoms with van der Waals surface area (Å²) >= 11 is 1.68. The number of hydrogen-bond donors (Lipinski definition) is 1. The highest BCUT2D eigenvalue weighted by atomic mass is 32.2.